The number of aryl methyl sites for hydroxylation is 1. The standard InChI is InChI=1S/C20H23NO4/c1-2-5-18-15(4-1)6-7-17(25-18)13-21-10-3-11-22-16-8-9-19-20(12-16)24-14-23-19/h1-2,4-5,8-9,12,17,21H,3,6-7,10-11,13-14H2. The van der Waals surface area contributed by atoms with Crippen molar-refractivity contribution in [2.45, 2.75) is 25.4 Å². The van der Waals surface area contributed by atoms with Crippen molar-refractivity contribution in [1.29, 1.82) is 0 Å². The molecule has 5 heteroatoms. The summed E-state index contributed by atoms with van der Waals surface area (Å²) in [6.45, 7) is 2.74. The summed E-state index contributed by atoms with van der Waals surface area (Å²) in [6, 6.07) is 14.0. The van der Waals surface area contributed by atoms with Gasteiger partial charge >= 0.3 is 0 Å². The smallest absolute Gasteiger partial charge is 0.231 e. The number of fused-ring (bicyclic) bond motifs is 2. The number of benzene rings is 2. The number of ether oxygens (including phenoxy) is 4. The molecule has 0 fully saturated rings. The Morgan fingerprint density at radius 3 is 2.96 bits per heavy atom. The molecule has 0 aromatic heterocycles. The van der Waals surface area contributed by atoms with Crippen molar-refractivity contribution < 1.29 is 18.9 Å². The molecule has 0 bridgehead atoms. The fourth-order valence-corrected chi connectivity index (χ4v) is 3.14. The van der Waals surface area contributed by atoms with E-state index in [0.29, 0.717) is 6.61 Å². The zero-order valence-corrected chi connectivity index (χ0v) is 14.2. The molecule has 0 saturated heterocycles. The highest BCUT2D eigenvalue weighted by molar-refractivity contribution is 5.46. The van der Waals surface area contributed by atoms with Crippen LogP contribution < -0.4 is 24.3 Å². The quantitative estimate of drug-likeness (QED) is 0.784. The van der Waals surface area contributed by atoms with E-state index in [1.807, 2.05) is 24.3 Å². The van der Waals surface area contributed by atoms with Crippen molar-refractivity contribution in [3.8, 4) is 23.0 Å². The minimum atomic E-state index is 0.254. The van der Waals surface area contributed by atoms with Crippen molar-refractivity contribution in [2.75, 3.05) is 26.5 Å². The van der Waals surface area contributed by atoms with E-state index in [9.17, 15) is 0 Å². The Balaban J connectivity index is 1.13. The van der Waals surface area contributed by atoms with Crippen LogP contribution in [0.15, 0.2) is 42.5 Å². The highest BCUT2D eigenvalue weighted by Crippen LogP contribution is 2.35. The molecule has 0 spiro atoms. The topological polar surface area (TPSA) is 49.0 Å². The maximum absolute atomic E-state index is 6.03. The molecule has 25 heavy (non-hydrogen) atoms. The summed E-state index contributed by atoms with van der Waals surface area (Å²) in [4.78, 5) is 0. The van der Waals surface area contributed by atoms with Crippen molar-refractivity contribution >= 4 is 0 Å². The second kappa shape index (κ2) is 7.66. The Bertz CT molecular complexity index is 719. The van der Waals surface area contributed by atoms with Crippen molar-refractivity contribution in [3.63, 3.8) is 0 Å². The maximum atomic E-state index is 6.03. The van der Waals surface area contributed by atoms with Crippen LogP contribution in [0.2, 0.25) is 0 Å². The predicted octanol–water partition coefficient (Wildman–Crippen LogP) is 3.17. The van der Waals surface area contributed by atoms with Gasteiger partial charge in [-0.05, 0) is 49.6 Å². The summed E-state index contributed by atoms with van der Waals surface area (Å²) >= 11 is 0. The maximum Gasteiger partial charge on any atom is 0.231 e. The number of hydrogen-bond acceptors (Lipinski definition) is 5. The lowest BCUT2D eigenvalue weighted by atomic mass is 10.0. The number of nitrogens with one attached hydrogen (secondary N) is 1. The first-order chi connectivity index (χ1) is 12.4. The summed E-state index contributed by atoms with van der Waals surface area (Å²) in [6.07, 6.45) is 3.36. The molecule has 2 aliphatic rings. The van der Waals surface area contributed by atoms with E-state index in [2.05, 4.69) is 23.5 Å². The Morgan fingerprint density at radius 2 is 1.96 bits per heavy atom. The van der Waals surface area contributed by atoms with Gasteiger partial charge < -0.3 is 24.3 Å². The third kappa shape index (κ3) is 3.99. The molecule has 0 saturated carbocycles. The van der Waals surface area contributed by atoms with Gasteiger partial charge in [0.05, 0.1) is 6.61 Å². The lowest BCUT2D eigenvalue weighted by Crippen LogP contribution is -2.34. The lowest BCUT2D eigenvalue weighted by molar-refractivity contribution is 0.169. The molecule has 0 amide bonds. The van der Waals surface area contributed by atoms with Crippen LogP contribution in [0.3, 0.4) is 0 Å². The number of hydrogen-bond donors (Lipinski definition) is 1. The molecule has 5 nitrogen and oxygen atoms in total. The second-order valence-electron chi connectivity index (χ2n) is 6.31. The van der Waals surface area contributed by atoms with Crippen LogP contribution in [0.1, 0.15) is 18.4 Å². The monoisotopic (exact) mass is 341 g/mol. The minimum absolute atomic E-state index is 0.254. The first-order valence-electron chi connectivity index (χ1n) is 8.86. The van der Waals surface area contributed by atoms with Crippen LogP contribution in [0.5, 0.6) is 23.0 Å². The molecule has 4 rings (SSSR count). The average Bonchev–Trinajstić information content (AvgIpc) is 3.12. The van der Waals surface area contributed by atoms with Gasteiger partial charge in [0.25, 0.3) is 0 Å². The van der Waals surface area contributed by atoms with Crippen LogP contribution >= 0.6 is 0 Å². The van der Waals surface area contributed by atoms with E-state index in [1.54, 1.807) is 0 Å². The summed E-state index contributed by atoms with van der Waals surface area (Å²) in [5.41, 5.74) is 1.32. The molecule has 1 atom stereocenters. The minimum Gasteiger partial charge on any atom is -0.493 e. The summed E-state index contributed by atoms with van der Waals surface area (Å²) in [7, 11) is 0. The predicted molar refractivity (Wildman–Crippen MR) is 94.7 cm³/mol. The van der Waals surface area contributed by atoms with Crippen molar-refractivity contribution in [1.82, 2.24) is 5.32 Å². The fourth-order valence-electron chi connectivity index (χ4n) is 3.14. The van der Waals surface area contributed by atoms with E-state index in [1.165, 1.54) is 5.56 Å². The molecule has 2 aliphatic heterocycles. The molecule has 2 aromatic carbocycles. The third-order valence-corrected chi connectivity index (χ3v) is 4.48. The molecule has 2 heterocycles. The number of rotatable bonds is 7. The van der Waals surface area contributed by atoms with Crippen LogP contribution in [-0.2, 0) is 6.42 Å². The van der Waals surface area contributed by atoms with Gasteiger partial charge in [-0.1, -0.05) is 18.2 Å². The van der Waals surface area contributed by atoms with Crippen LogP contribution in [0.25, 0.3) is 0 Å². The van der Waals surface area contributed by atoms with E-state index < -0.39 is 0 Å². The van der Waals surface area contributed by atoms with Gasteiger partial charge in [0.2, 0.25) is 6.79 Å². The second-order valence-corrected chi connectivity index (χ2v) is 6.31. The molecule has 132 valence electrons. The van der Waals surface area contributed by atoms with Gasteiger partial charge in [0, 0.05) is 12.6 Å². The normalized spacial score (nSPS) is 17.7. The van der Waals surface area contributed by atoms with E-state index in [-0.39, 0.29) is 12.9 Å². The largest absolute Gasteiger partial charge is 0.493 e. The summed E-state index contributed by atoms with van der Waals surface area (Å²) < 4.78 is 22.4. The molecular weight excluding hydrogens is 318 g/mol. The SMILES string of the molecule is c1ccc2c(c1)CCC(CNCCCOc1ccc3c(c1)OCO3)O2. The first-order valence-corrected chi connectivity index (χ1v) is 8.86. The van der Waals surface area contributed by atoms with Crippen LogP contribution in [0.4, 0.5) is 0 Å². The van der Waals surface area contributed by atoms with Gasteiger partial charge in [0.1, 0.15) is 17.6 Å². The fraction of sp³-hybridized carbons (Fsp3) is 0.400. The molecular formula is C20H23NO4. The zero-order valence-electron chi connectivity index (χ0n) is 14.2. The highest BCUT2D eigenvalue weighted by atomic mass is 16.7. The molecule has 1 unspecified atom stereocenters. The Morgan fingerprint density at radius 1 is 1.04 bits per heavy atom. The molecule has 1 N–H and O–H groups in total. The van der Waals surface area contributed by atoms with Crippen LogP contribution in [0, 0.1) is 0 Å². The highest BCUT2D eigenvalue weighted by Gasteiger charge is 2.18. The summed E-state index contributed by atoms with van der Waals surface area (Å²) in [5, 5.41) is 3.46. The average molecular weight is 341 g/mol. The first kappa shape index (κ1) is 16.1. The molecule has 0 radical (unpaired) electrons. The van der Waals surface area contributed by atoms with E-state index in [0.717, 1.165) is 55.4 Å². The molecule has 2 aromatic rings. The van der Waals surface area contributed by atoms with Gasteiger partial charge in [-0.3, -0.25) is 0 Å². The lowest BCUT2D eigenvalue weighted by Gasteiger charge is -2.26. The van der Waals surface area contributed by atoms with Crippen LogP contribution in [-0.4, -0.2) is 32.6 Å². The van der Waals surface area contributed by atoms with E-state index in [4.69, 9.17) is 18.9 Å². The van der Waals surface area contributed by atoms with Gasteiger partial charge in [-0.15, -0.1) is 0 Å². The third-order valence-electron chi connectivity index (χ3n) is 4.48. The van der Waals surface area contributed by atoms with E-state index >= 15 is 0 Å². The molecule has 0 aliphatic carbocycles. The van der Waals surface area contributed by atoms with Gasteiger partial charge in [-0.2, -0.15) is 0 Å². The summed E-state index contributed by atoms with van der Waals surface area (Å²) in [5.74, 6) is 3.39. The zero-order chi connectivity index (χ0) is 16.9. The van der Waals surface area contributed by atoms with Crippen molar-refractivity contribution in [2.24, 2.45) is 0 Å². The Hall–Kier alpha value is -2.40. The number of para-hydroxylation sites is 1. The Labute approximate surface area is 147 Å². The van der Waals surface area contributed by atoms with Gasteiger partial charge in [-0.25, -0.2) is 0 Å². The van der Waals surface area contributed by atoms with Gasteiger partial charge in [0.15, 0.2) is 11.5 Å². The Kier molecular flexibility index (Phi) is 4.93. The van der Waals surface area contributed by atoms with Crippen molar-refractivity contribution in [3.05, 3.63) is 48.0 Å².